The summed E-state index contributed by atoms with van der Waals surface area (Å²) in [6, 6.07) is 0. The van der Waals surface area contributed by atoms with Gasteiger partial charge in [0.2, 0.25) is 0 Å². The molecule has 4 nitrogen and oxygen atoms in total. The van der Waals surface area contributed by atoms with Crippen molar-refractivity contribution in [1.29, 1.82) is 0 Å². The van der Waals surface area contributed by atoms with Gasteiger partial charge in [-0.25, -0.2) is 9.18 Å². The van der Waals surface area contributed by atoms with Crippen molar-refractivity contribution in [2.24, 2.45) is 5.73 Å². The van der Waals surface area contributed by atoms with Crippen LogP contribution < -0.4 is 11.1 Å². The van der Waals surface area contributed by atoms with Gasteiger partial charge < -0.3 is 15.8 Å². The Kier molecular flexibility index (Phi) is 5.15. The molecule has 0 aliphatic carbocycles. The van der Waals surface area contributed by atoms with Crippen molar-refractivity contribution in [3.8, 4) is 0 Å². The van der Waals surface area contributed by atoms with Gasteiger partial charge in [-0.3, -0.25) is 0 Å². The smallest absolute Gasteiger partial charge is 0.408 e. The average molecular weight is 204 g/mol. The topological polar surface area (TPSA) is 64.3 Å². The van der Waals surface area contributed by atoms with Crippen LogP contribution in [0.1, 0.15) is 20.8 Å². The van der Waals surface area contributed by atoms with E-state index in [1.807, 2.05) is 0 Å². The maximum Gasteiger partial charge on any atom is 0.408 e. The SMILES string of the molecule is CC(C)(C)OC(=O)NCC(F)=CCN. The second-order valence-corrected chi connectivity index (χ2v) is 3.74. The monoisotopic (exact) mass is 204 g/mol. The first-order valence-electron chi connectivity index (χ1n) is 4.36. The molecule has 0 saturated heterocycles. The van der Waals surface area contributed by atoms with Crippen molar-refractivity contribution < 1.29 is 13.9 Å². The lowest BCUT2D eigenvalue weighted by Gasteiger charge is -2.19. The quantitative estimate of drug-likeness (QED) is 0.728. The van der Waals surface area contributed by atoms with Crippen molar-refractivity contribution in [3.63, 3.8) is 0 Å². The Labute approximate surface area is 83.3 Å². The summed E-state index contributed by atoms with van der Waals surface area (Å²) in [4.78, 5) is 11.0. The van der Waals surface area contributed by atoms with Gasteiger partial charge in [-0.1, -0.05) is 0 Å². The van der Waals surface area contributed by atoms with Crippen LogP contribution >= 0.6 is 0 Å². The number of hydrogen-bond donors (Lipinski definition) is 2. The molecule has 0 aromatic rings. The standard InChI is InChI=1S/C9H17FN2O2/c1-9(2,3)14-8(13)12-6-7(10)4-5-11/h4H,5-6,11H2,1-3H3,(H,12,13). The molecule has 0 aliphatic rings. The molecular weight excluding hydrogens is 187 g/mol. The summed E-state index contributed by atoms with van der Waals surface area (Å²) in [5.41, 5.74) is 4.51. The number of carbonyl (C=O) groups excluding carboxylic acids is 1. The summed E-state index contributed by atoms with van der Waals surface area (Å²) in [6.45, 7) is 5.13. The third-order valence-electron chi connectivity index (χ3n) is 1.14. The predicted molar refractivity (Wildman–Crippen MR) is 52.5 cm³/mol. The fourth-order valence-corrected chi connectivity index (χ4v) is 0.671. The molecule has 5 heteroatoms. The lowest BCUT2D eigenvalue weighted by molar-refractivity contribution is 0.0530. The minimum Gasteiger partial charge on any atom is -0.444 e. The van der Waals surface area contributed by atoms with E-state index in [4.69, 9.17) is 10.5 Å². The highest BCUT2D eigenvalue weighted by Gasteiger charge is 2.15. The van der Waals surface area contributed by atoms with Crippen molar-refractivity contribution in [1.82, 2.24) is 5.32 Å². The molecule has 0 aromatic heterocycles. The van der Waals surface area contributed by atoms with Crippen molar-refractivity contribution in [2.75, 3.05) is 13.1 Å². The van der Waals surface area contributed by atoms with Crippen LogP contribution in [-0.2, 0) is 4.74 Å². The van der Waals surface area contributed by atoms with Crippen molar-refractivity contribution in [2.45, 2.75) is 26.4 Å². The van der Waals surface area contributed by atoms with Gasteiger partial charge in [0, 0.05) is 6.54 Å². The van der Waals surface area contributed by atoms with Gasteiger partial charge in [0.05, 0.1) is 6.54 Å². The number of nitrogens with two attached hydrogens (primary N) is 1. The van der Waals surface area contributed by atoms with Gasteiger partial charge in [-0.15, -0.1) is 0 Å². The lowest BCUT2D eigenvalue weighted by atomic mass is 10.2. The van der Waals surface area contributed by atoms with E-state index in [1.54, 1.807) is 20.8 Å². The van der Waals surface area contributed by atoms with Crippen molar-refractivity contribution >= 4 is 6.09 Å². The Bertz CT molecular complexity index is 221. The second-order valence-electron chi connectivity index (χ2n) is 3.74. The molecule has 0 spiro atoms. The molecule has 0 radical (unpaired) electrons. The first-order chi connectivity index (χ1) is 6.35. The summed E-state index contributed by atoms with van der Waals surface area (Å²) in [5.74, 6) is -0.474. The first kappa shape index (κ1) is 12.9. The molecule has 82 valence electrons. The predicted octanol–water partition coefficient (Wildman–Crippen LogP) is 1.32. The highest BCUT2D eigenvalue weighted by atomic mass is 19.1. The molecule has 0 fully saturated rings. The van der Waals surface area contributed by atoms with E-state index in [0.29, 0.717) is 0 Å². The number of alkyl carbamates (subject to hydrolysis) is 1. The Morgan fingerprint density at radius 3 is 2.57 bits per heavy atom. The van der Waals surface area contributed by atoms with Crippen LogP contribution in [0.5, 0.6) is 0 Å². The van der Waals surface area contributed by atoms with Gasteiger partial charge >= 0.3 is 6.09 Å². The molecule has 0 atom stereocenters. The molecule has 3 N–H and O–H groups in total. The van der Waals surface area contributed by atoms with Gasteiger partial charge in [0.1, 0.15) is 11.4 Å². The van der Waals surface area contributed by atoms with E-state index in [0.717, 1.165) is 0 Å². The number of rotatable bonds is 3. The molecular formula is C9H17FN2O2. The van der Waals surface area contributed by atoms with E-state index in [2.05, 4.69) is 5.32 Å². The number of ether oxygens (including phenoxy) is 1. The highest BCUT2D eigenvalue weighted by Crippen LogP contribution is 2.06. The van der Waals surface area contributed by atoms with E-state index in [-0.39, 0.29) is 13.1 Å². The normalized spacial score (nSPS) is 12.5. The summed E-state index contributed by atoms with van der Waals surface area (Å²) in [7, 11) is 0. The minimum absolute atomic E-state index is 0.113. The lowest BCUT2D eigenvalue weighted by Crippen LogP contribution is -2.33. The van der Waals surface area contributed by atoms with Crippen LogP contribution in [0.25, 0.3) is 0 Å². The number of halogens is 1. The molecule has 1 amide bonds. The summed E-state index contributed by atoms with van der Waals surface area (Å²) < 4.78 is 17.6. The van der Waals surface area contributed by atoms with E-state index in [1.165, 1.54) is 6.08 Å². The maximum atomic E-state index is 12.7. The van der Waals surface area contributed by atoms with Crippen LogP contribution in [0, 0.1) is 0 Å². The van der Waals surface area contributed by atoms with Crippen LogP contribution in [0.4, 0.5) is 9.18 Å². The number of nitrogens with one attached hydrogen (secondary N) is 1. The Hall–Kier alpha value is -1.10. The number of carbonyl (C=O) groups is 1. The molecule has 0 unspecified atom stereocenters. The Morgan fingerprint density at radius 1 is 1.57 bits per heavy atom. The van der Waals surface area contributed by atoms with Crippen molar-refractivity contribution in [3.05, 3.63) is 11.9 Å². The van der Waals surface area contributed by atoms with E-state index in [9.17, 15) is 9.18 Å². The average Bonchev–Trinajstić information content (AvgIpc) is 1.98. The molecule has 0 aromatic carbocycles. The summed E-state index contributed by atoms with van der Waals surface area (Å²) >= 11 is 0. The molecule has 0 rings (SSSR count). The fraction of sp³-hybridized carbons (Fsp3) is 0.667. The van der Waals surface area contributed by atoms with Gasteiger partial charge in [0.25, 0.3) is 0 Å². The number of amides is 1. The van der Waals surface area contributed by atoms with Crippen LogP contribution in [0.3, 0.4) is 0 Å². The summed E-state index contributed by atoms with van der Waals surface area (Å²) in [5, 5.41) is 2.26. The van der Waals surface area contributed by atoms with Crippen LogP contribution in [0.2, 0.25) is 0 Å². The Morgan fingerprint density at radius 2 is 2.14 bits per heavy atom. The first-order valence-corrected chi connectivity index (χ1v) is 4.36. The van der Waals surface area contributed by atoms with Crippen LogP contribution in [0.15, 0.2) is 11.9 Å². The van der Waals surface area contributed by atoms with Gasteiger partial charge in [-0.05, 0) is 26.8 Å². The molecule has 0 heterocycles. The highest BCUT2D eigenvalue weighted by molar-refractivity contribution is 5.67. The fourth-order valence-electron chi connectivity index (χ4n) is 0.671. The molecule has 0 saturated carbocycles. The Balaban J connectivity index is 3.81. The van der Waals surface area contributed by atoms with E-state index < -0.39 is 17.5 Å². The third-order valence-corrected chi connectivity index (χ3v) is 1.14. The molecule has 0 aliphatic heterocycles. The number of hydrogen-bond acceptors (Lipinski definition) is 3. The van der Waals surface area contributed by atoms with Crippen LogP contribution in [-0.4, -0.2) is 24.8 Å². The maximum absolute atomic E-state index is 12.7. The van der Waals surface area contributed by atoms with Gasteiger partial charge in [-0.2, -0.15) is 0 Å². The minimum atomic E-state index is -0.641. The summed E-state index contributed by atoms with van der Waals surface area (Å²) in [6.07, 6.45) is 0.551. The zero-order valence-corrected chi connectivity index (χ0v) is 8.76. The van der Waals surface area contributed by atoms with Gasteiger partial charge in [0.15, 0.2) is 0 Å². The molecule has 14 heavy (non-hydrogen) atoms. The zero-order valence-electron chi connectivity index (χ0n) is 8.76. The zero-order chi connectivity index (χ0) is 11.2. The molecule has 0 bridgehead atoms. The second kappa shape index (κ2) is 5.59. The third kappa shape index (κ3) is 7.54. The van der Waals surface area contributed by atoms with E-state index >= 15 is 0 Å². The largest absolute Gasteiger partial charge is 0.444 e.